The van der Waals surface area contributed by atoms with E-state index in [1.807, 2.05) is 0 Å². The molecule has 3 heteroatoms. The number of fused-ring (bicyclic) bond motifs is 9. The van der Waals surface area contributed by atoms with E-state index in [0.29, 0.717) is 11.8 Å². The zero-order valence-electron chi connectivity index (χ0n) is 18.3. The van der Waals surface area contributed by atoms with Crippen molar-refractivity contribution in [3.05, 3.63) is 146 Å². The maximum atomic E-state index is 3.82. The summed E-state index contributed by atoms with van der Waals surface area (Å²) in [5, 5.41) is 0. The molecule has 0 aromatic heterocycles. The topological polar surface area (TPSA) is 3.24 Å². The smallest absolute Gasteiger partial charge is 0.0567 e. The number of benzene rings is 4. The number of hydrogen-bond acceptors (Lipinski definition) is 1. The maximum absolute atomic E-state index is 3.82. The Morgan fingerprint density at radius 3 is 1.94 bits per heavy atom. The molecule has 1 heterocycles. The van der Waals surface area contributed by atoms with Gasteiger partial charge in [-0.2, -0.15) is 0 Å². The fraction of sp³-hybridized carbons (Fsp3) is 0.0968. The quantitative estimate of drug-likeness (QED) is 0.222. The molecule has 1 spiro atoms. The third kappa shape index (κ3) is 2.66. The van der Waals surface area contributed by atoms with Crippen molar-refractivity contribution in [2.45, 2.75) is 11.3 Å². The second-order valence-corrected chi connectivity index (χ2v) is 11.0. The van der Waals surface area contributed by atoms with E-state index >= 15 is 0 Å². The molecular weight excluding hydrogens is 546 g/mol. The second kappa shape index (κ2) is 7.56. The van der Waals surface area contributed by atoms with Gasteiger partial charge in [-0.25, -0.2) is 0 Å². The van der Waals surface area contributed by atoms with Crippen molar-refractivity contribution in [1.82, 2.24) is 0 Å². The van der Waals surface area contributed by atoms with Crippen LogP contribution in [0.2, 0.25) is 0 Å². The number of allylic oxidation sites excluding steroid dienone is 4. The van der Waals surface area contributed by atoms with Gasteiger partial charge in [0, 0.05) is 26.5 Å². The Hall–Kier alpha value is -2.88. The molecule has 164 valence electrons. The molecule has 4 aromatic rings. The van der Waals surface area contributed by atoms with Gasteiger partial charge in [0.2, 0.25) is 0 Å². The van der Waals surface area contributed by atoms with E-state index in [1.54, 1.807) is 0 Å². The first kappa shape index (κ1) is 20.5. The monoisotopic (exact) mass is 565 g/mol. The lowest BCUT2D eigenvalue weighted by atomic mass is 9.61. The molecule has 0 saturated heterocycles. The van der Waals surface area contributed by atoms with Gasteiger partial charge in [-0.1, -0.05) is 98.6 Å². The molecule has 0 amide bonds. The van der Waals surface area contributed by atoms with E-state index in [2.05, 4.69) is 152 Å². The predicted molar refractivity (Wildman–Crippen MR) is 147 cm³/mol. The van der Waals surface area contributed by atoms with Crippen LogP contribution in [0.4, 0.5) is 17.1 Å². The molecule has 7 rings (SSSR count). The van der Waals surface area contributed by atoms with Gasteiger partial charge >= 0.3 is 0 Å². The van der Waals surface area contributed by atoms with Crippen LogP contribution in [0.15, 0.2) is 124 Å². The minimum absolute atomic E-state index is 0.286. The molecule has 2 aliphatic carbocycles. The molecule has 2 atom stereocenters. The summed E-state index contributed by atoms with van der Waals surface area (Å²) >= 11 is 7.64. The Morgan fingerprint density at radius 1 is 0.618 bits per heavy atom. The average Bonchev–Trinajstić information content (AvgIpc) is 3.17. The third-order valence-corrected chi connectivity index (χ3v) is 8.63. The van der Waals surface area contributed by atoms with Gasteiger partial charge in [-0.3, -0.25) is 0 Å². The van der Waals surface area contributed by atoms with Crippen molar-refractivity contribution < 1.29 is 0 Å². The van der Waals surface area contributed by atoms with Crippen LogP contribution in [0.3, 0.4) is 0 Å². The molecule has 0 N–H and O–H groups in total. The predicted octanol–water partition coefficient (Wildman–Crippen LogP) is 9.17. The van der Waals surface area contributed by atoms with Gasteiger partial charge in [-0.05, 0) is 70.8 Å². The number of hydrogen-bond donors (Lipinski definition) is 0. The molecule has 1 nitrogen and oxygen atoms in total. The summed E-state index contributed by atoms with van der Waals surface area (Å²) < 4.78 is 2.21. The van der Waals surface area contributed by atoms with Gasteiger partial charge in [0.25, 0.3) is 0 Å². The van der Waals surface area contributed by atoms with Gasteiger partial charge < -0.3 is 4.90 Å². The first-order chi connectivity index (χ1) is 16.7. The van der Waals surface area contributed by atoms with Gasteiger partial charge in [0.1, 0.15) is 0 Å². The van der Waals surface area contributed by atoms with E-state index < -0.39 is 0 Å². The molecule has 2 unspecified atom stereocenters. The van der Waals surface area contributed by atoms with E-state index in [-0.39, 0.29) is 5.41 Å². The zero-order chi connectivity index (χ0) is 22.9. The van der Waals surface area contributed by atoms with Crippen LogP contribution in [-0.4, -0.2) is 0 Å². The summed E-state index contributed by atoms with van der Waals surface area (Å²) in [6, 6.07) is 33.4. The number of nitrogens with zero attached hydrogens (tertiary/aromatic N) is 1. The molecule has 34 heavy (non-hydrogen) atoms. The minimum atomic E-state index is -0.286. The number of rotatable bonds is 1. The zero-order valence-corrected chi connectivity index (χ0v) is 21.5. The standard InChI is InChI=1S/C31H21Br2N/c32-20-14-16-29-27(18-20)31(25-12-6-4-10-23(25)24-11-5-7-13-26(24)31)28-19-21(33)15-17-30(28)34(29)22-8-2-1-3-9-22/h1-19,23,25H. The number of anilines is 3. The first-order valence-corrected chi connectivity index (χ1v) is 13.2. The van der Waals surface area contributed by atoms with Crippen LogP contribution < -0.4 is 4.90 Å². The lowest BCUT2D eigenvalue weighted by molar-refractivity contribution is 0.453. The summed E-state index contributed by atoms with van der Waals surface area (Å²) in [5.41, 5.74) is 8.89. The van der Waals surface area contributed by atoms with Crippen LogP contribution >= 0.6 is 31.9 Å². The highest BCUT2D eigenvalue weighted by atomic mass is 79.9. The minimum Gasteiger partial charge on any atom is -0.310 e. The van der Waals surface area contributed by atoms with Gasteiger partial charge in [0.05, 0.1) is 16.8 Å². The highest BCUT2D eigenvalue weighted by Crippen LogP contribution is 2.65. The highest BCUT2D eigenvalue weighted by Gasteiger charge is 2.56. The van der Waals surface area contributed by atoms with Crippen LogP contribution in [0.5, 0.6) is 0 Å². The molecule has 0 radical (unpaired) electrons. The van der Waals surface area contributed by atoms with Crippen LogP contribution in [0.25, 0.3) is 0 Å². The number of halogens is 2. The molecule has 1 aliphatic heterocycles. The summed E-state index contributed by atoms with van der Waals surface area (Å²) in [5.74, 6) is 0.650. The highest BCUT2D eigenvalue weighted by molar-refractivity contribution is 9.10. The second-order valence-electron chi connectivity index (χ2n) is 9.21. The van der Waals surface area contributed by atoms with Crippen molar-refractivity contribution in [3.63, 3.8) is 0 Å². The van der Waals surface area contributed by atoms with Crippen molar-refractivity contribution in [1.29, 1.82) is 0 Å². The summed E-state index contributed by atoms with van der Waals surface area (Å²) in [6.45, 7) is 0. The summed E-state index contributed by atoms with van der Waals surface area (Å²) in [4.78, 5) is 2.42. The molecule has 4 aromatic carbocycles. The molecule has 0 saturated carbocycles. The third-order valence-electron chi connectivity index (χ3n) is 7.64. The molecule has 0 fully saturated rings. The fourth-order valence-corrected chi connectivity index (χ4v) is 7.18. The maximum Gasteiger partial charge on any atom is 0.0567 e. The first-order valence-electron chi connectivity index (χ1n) is 11.6. The average molecular weight is 567 g/mol. The summed E-state index contributed by atoms with van der Waals surface area (Å²) in [6.07, 6.45) is 9.25. The summed E-state index contributed by atoms with van der Waals surface area (Å²) in [7, 11) is 0. The Kier molecular flexibility index (Phi) is 4.56. The van der Waals surface area contributed by atoms with E-state index in [1.165, 1.54) is 39.3 Å². The molecule has 3 aliphatic rings. The Balaban J connectivity index is 1.65. The Morgan fingerprint density at radius 2 is 1.24 bits per heavy atom. The Labute approximate surface area is 216 Å². The Bertz CT molecular complexity index is 1450. The van der Waals surface area contributed by atoms with Crippen molar-refractivity contribution >= 4 is 48.9 Å². The van der Waals surface area contributed by atoms with Gasteiger partial charge in [-0.15, -0.1) is 0 Å². The van der Waals surface area contributed by atoms with E-state index in [4.69, 9.17) is 0 Å². The SMILES string of the molecule is Brc1ccc2c(c1)C1(c3ccccc3C3C=CC=CC31)c1cc(Br)ccc1N2c1ccccc1. The van der Waals surface area contributed by atoms with Crippen LogP contribution in [0.1, 0.15) is 28.2 Å². The van der Waals surface area contributed by atoms with E-state index in [9.17, 15) is 0 Å². The van der Waals surface area contributed by atoms with Crippen LogP contribution in [0, 0.1) is 5.92 Å². The number of para-hydroxylation sites is 1. The largest absolute Gasteiger partial charge is 0.310 e. The fourth-order valence-electron chi connectivity index (χ4n) is 6.46. The van der Waals surface area contributed by atoms with E-state index in [0.717, 1.165) is 8.95 Å². The normalized spacial score (nSPS) is 20.6. The van der Waals surface area contributed by atoms with Crippen molar-refractivity contribution in [2.75, 3.05) is 4.90 Å². The lowest BCUT2D eigenvalue weighted by Crippen LogP contribution is -2.40. The van der Waals surface area contributed by atoms with Crippen molar-refractivity contribution in [3.8, 4) is 0 Å². The van der Waals surface area contributed by atoms with Crippen LogP contribution in [-0.2, 0) is 5.41 Å². The molecule has 0 bridgehead atoms. The lowest BCUT2D eigenvalue weighted by Gasteiger charge is -2.47. The van der Waals surface area contributed by atoms with Crippen molar-refractivity contribution in [2.24, 2.45) is 5.92 Å². The molecular formula is C31H21Br2N. The van der Waals surface area contributed by atoms with Gasteiger partial charge in [0.15, 0.2) is 0 Å².